The molecule has 0 heterocycles. The van der Waals surface area contributed by atoms with E-state index >= 15 is 0 Å². The predicted octanol–water partition coefficient (Wildman–Crippen LogP) is 4.88. The summed E-state index contributed by atoms with van der Waals surface area (Å²) in [5, 5.41) is 0.835. The van der Waals surface area contributed by atoms with Gasteiger partial charge in [0, 0.05) is 5.56 Å². The van der Waals surface area contributed by atoms with Crippen LogP contribution in [0.2, 0.25) is 10.0 Å². The van der Waals surface area contributed by atoms with Crippen LogP contribution in [0.15, 0.2) is 18.2 Å². The highest BCUT2D eigenvalue weighted by Gasteiger charge is 2.23. The summed E-state index contributed by atoms with van der Waals surface area (Å²) in [4.78, 5) is 0. The standard InChI is InChI=1S/C7H5Cl4P.ClH/c8-5-3-1-2-4(6(5)9)7(10,11)12;/h1-3H,12H2;1H. The van der Waals surface area contributed by atoms with Gasteiger partial charge in [-0.1, -0.05) is 67.8 Å². The minimum Gasteiger partial charge on any atom is -0.147 e. The molecule has 0 aromatic heterocycles. The number of hydrogen-bond donors (Lipinski definition) is 0. The van der Waals surface area contributed by atoms with E-state index in [0.29, 0.717) is 15.6 Å². The summed E-state index contributed by atoms with van der Waals surface area (Å²) in [6.07, 6.45) is 0. The molecule has 1 unspecified atom stereocenters. The first-order valence-corrected chi connectivity index (χ1v) is 5.13. The Hall–Kier alpha value is 1.10. The minimum atomic E-state index is -1.08. The van der Waals surface area contributed by atoms with Gasteiger partial charge >= 0.3 is 0 Å². The van der Waals surface area contributed by atoms with E-state index < -0.39 is 4.07 Å². The third-order valence-corrected chi connectivity index (χ3v) is 2.85. The van der Waals surface area contributed by atoms with Crippen LogP contribution < -0.4 is 0 Å². The Bertz CT molecular complexity index is 293. The highest BCUT2D eigenvalue weighted by atomic mass is 35.5. The molecule has 0 fully saturated rings. The van der Waals surface area contributed by atoms with E-state index in [1.807, 2.05) is 0 Å². The van der Waals surface area contributed by atoms with Gasteiger partial charge in [-0.3, -0.25) is 0 Å². The van der Waals surface area contributed by atoms with Crippen LogP contribution in [0.5, 0.6) is 0 Å². The van der Waals surface area contributed by atoms with Crippen LogP contribution in [0.3, 0.4) is 0 Å². The highest BCUT2D eigenvalue weighted by molar-refractivity contribution is 7.26. The van der Waals surface area contributed by atoms with Crippen LogP contribution >= 0.6 is 68.1 Å². The largest absolute Gasteiger partial charge is 0.157 e. The van der Waals surface area contributed by atoms with Crippen molar-refractivity contribution in [3.05, 3.63) is 33.8 Å². The molecule has 13 heavy (non-hydrogen) atoms. The summed E-state index contributed by atoms with van der Waals surface area (Å²) in [5.41, 5.74) is 0.588. The fourth-order valence-electron chi connectivity index (χ4n) is 0.761. The van der Waals surface area contributed by atoms with E-state index in [-0.39, 0.29) is 12.4 Å². The lowest BCUT2D eigenvalue weighted by molar-refractivity contribution is 1.26. The lowest BCUT2D eigenvalue weighted by atomic mass is 10.2. The van der Waals surface area contributed by atoms with Crippen LogP contribution in [-0.4, -0.2) is 0 Å². The third-order valence-electron chi connectivity index (χ3n) is 1.31. The van der Waals surface area contributed by atoms with Gasteiger partial charge in [-0.05, 0) is 6.07 Å². The van der Waals surface area contributed by atoms with Crippen molar-refractivity contribution >= 4 is 68.1 Å². The Labute approximate surface area is 105 Å². The van der Waals surface area contributed by atoms with Gasteiger partial charge in [0.15, 0.2) is 4.07 Å². The van der Waals surface area contributed by atoms with Gasteiger partial charge in [0.1, 0.15) is 0 Å². The number of alkyl halides is 2. The zero-order valence-corrected chi connectivity index (χ0v) is 11.2. The summed E-state index contributed by atoms with van der Waals surface area (Å²) >= 11 is 23.3. The second kappa shape index (κ2) is 5.26. The molecule has 0 radical (unpaired) electrons. The van der Waals surface area contributed by atoms with Crippen molar-refractivity contribution in [2.75, 3.05) is 0 Å². The zero-order valence-electron chi connectivity index (χ0n) is 6.23. The fraction of sp³-hybridized carbons (Fsp3) is 0.143. The lowest BCUT2D eigenvalue weighted by Crippen LogP contribution is -1.99. The summed E-state index contributed by atoms with van der Waals surface area (Å²) in [7, 11) is 2.27. The topological polar surface area (TPSA) is 0 Å². The molecule has 1 rings (SSSR count). The molecular formula is C7H6Cl5P. The Morgan fingerprint density at radius 1 is 1.15 bits per heavy atom. The van der Waals surface area contributed by atoms with Gasteiger partial charge in [-0.25, -0.2) is 0 Å². The molecule has 0 amide bonds. The maximum Gasteiger partial charge on any atom is 0.157 e. The smallest absolute Gasteiger partial charge is 0.147 e. The van der Waals surface area contributed by atoms with Crippen molar-refractivity contribution in [2.24, 2.45) is 0 Å². The Kier molecular flexibility index (Phi) is 5.70. The van der Waals surface area contributed by atoms with Crippen LogP contribution in [0.1, 0.15) is 5.56 Å². The molecule has 0 bridgehead atoms. The van der Waals surface area contributed by atoms with Crippen molar-refractivity contribution in [2.45, 2.75) is 4.07 Å². The van der Waals surface area contributed by atoms with Crippen molar-refractivity contribution in [1.82, 2.24) is 0 Å². The normalized spacial score (nSPS) is 10.8. The SMILES string of the molecule is Cl.PC(Cl)(Cl)c1cccc(Cl)c1Cl. The van der Waals surface area contributed by atoms with E-state index in [1.54, 1.807) is 18.2 Å². The Balaban J connectivity index is 0.00000144. The van der Waals surface area contributed by atoms with Crippen molar-refractivity contribution < 1.29 is 0 Å². The van der Waals surface area contributed by atoms with Crippen LogP contribution in [0, 0.1) is 0 Å². The molecule has 0 saturated heterocycles. The maximum absolute atomic E-state index is 5.86. The van der Waals surface area contributed by atoms with E-state index in [4.69, 9.17) is 46.4 Å². The van der Waals surface area contributed by atoms with E-state index in [0.717, 1.165) is 0 Å². The Morgan fingerprint density at radius 2 is 1.69 bits per heavy atom. The predicted molar refractivity (Wildman–Crippen MR) is 66.8 cm³/mol. The van der Waals surface area contributed by atoms with Gasteiger partial charge in [0.05, 0.1) is 10.0 Å². The van der Waals surface area contributed by atoms with E-state index in [1.165, 1.54) is 0 Å². The molecule has 1 aromatic carbocycles. The molecule has 74 valence electrons. The number of benzene rings is 1. The summed E-state index contributed by atoms with van der Waals surface area (Å²) in [6, 6.07) is 5.14. The second-order valence-electron chi connectivity index (χ2n) is 2.22. The molecule has 6 heteroatoms. The van der Waals surface area contributed by atoms with Crippen molar-refractivity contribution in [3.8, 4) is 0 Å². The minimum absolute atomic E-state index is 0. The number of halogens is 5. The summed E-state index contributed by atoms with van der Waals surface area (Å²) < 4.78 is -1.08. The zero-order chi connectivity index (χ0) is 9.35. The number of rotatable bonds is 1. The lowest BCUT2D eigenvalue weighted by Gasteiger charge is -2.15. The van der Waals surface area contributed by atoms with Gasteiger partial charge < -0.3 is 0 Å². The van der Waals surface area contributed by atoms with E-state index in [2.05, 4.69) is 9.24 Å². The highest BCUT2D eigenvalue weighted by Crippen LogP contribution is 2.45. The van der Waals surface area contributed by atoms with Crippen molar-refractivity contribution in [1.29, 1.82) is 0 Å². The molecule has 0 saturated carbocycles. The molecule has 0 spiro atoms. The molecule has 1 atom stereocenters. The molecule has 0 aliphatic heterocycles. The van der Waals surface area contributed by atoms with Gasteiger partial charge in [0.25, 0.3) is 0 Å². The molecular weight excluding hydrogens is 292 g/mol. The van der Waals surface area contributed by atoms with Crippen molar-refractivity contribution in [3.63, 3.8) is 0 Å². The first-order chi connectivity index (χ1) is 5.43. The molecule has 0 aliphatic carbocycles. The third kappa shape index (κ3) is 3.63. The first-order valence-electron chi connectivity index (χ1n) is 3.04. The molecule has 0 N–H and O–H groups in total. The maximum atomic E-state index is 5.86. The Morgan fingerprint density at radius 3 is 2.08 bits per heavy atom. The summed E-state index contributed by atoms with van der Waals surface area (Å²) in [6.45, 7) is 0. The summed E-state index contributed by atoms with van der Waals surface area (Å²) in [5.74, 6) is 0. The molecule has 0 nitrogen and oxygen atoms in total. The first kappa shape index (κ1) is 14.1. The monoisotopic (exact) mass is 296 g/mol. The molecule has 1 aromatic rings. The quantitative estimate of drug-likeness (QED) is 0.512. The van der Waals surface area contributed by atoms with E-state index in [9.17, 15) is 0 Å². The number of hydrogen-bond acceptors (Lipinski definition) is 0. The van der Waals surface area contributed by atoms with Gasteiger partial charge in [0.2, 0.25) is 0 Å². The fourth-order valence-corrected chi connectivity index (χ4v) is 1.95. The van der Waals surface area contributed by atoms with Gasteiger partial charge in [-0.2, -0.15) is 0 Å². The van der Waals surface area contributed by atoms with Crippen LogP contribution in [0.25, 0.3) is 0 Å². The molecule has 0 aliphatic rings. The van der Waals surface area contributed by atoms with Crippen LogP contribution in [0.4, 0.5) is 0 Å². The average Bonchev–Trinajstić information content (AvgIpc) is 1.92. The second-order valence-corrected chi connectivity index (χ2v) is 5.99. The average molecular weight is 298 g/mol. The van der Waals surface area contributed by atoms with Crippen LogP contribution in [-0.2, 0) is 4.07 Å². The van der Waals surface area contributed by atoms with Gasteiger partial charge in [-0.15, -0.1) is 12.4 Å².